The van der Waals surface area contributed by atoms with E-state index in [4.69, 9.17) is 14.7 Å². The molecule has 0 saturated carbocycles. The fourth-order valence-electron chi connectivity index (χ4n) is 3.66. The molecule has 6 heteroatoms. The largest absolute Gasteiger partial charge is 0.497 e. The average molecular weight is 455 g/mol. The van der Waals surface area contributed by atoms with E-state index in [2.05, 4.69) is 31.4 Å². The van der Waals surface area contributed by atoms with Gasteiger partial charge < -0.3 is 15.4 Å². The minimum Gasteiger partial charge on any atom is -0.497 e. The van der Waals surface area contributed by atoms with E-state index in [9.17, 15) is 4.79 Å². The van der Waals surface area contributed by atoms with E-state index in [1.165, 1.54) is 5.56 Å². The quantitative estimate of drug-likeness (QED) is 0.364. The Bertz CT molecular complexity index is 1280. The fourth-order valence-corrected chi connectivity index (χ4v) is 3.66. The molecule has 0 unspecified atom stereocenters. The maximum atomic E-state index is 12.5. The SMILES string of the molecule is COc1ccc(-c2nc(NCCNC(=O)c3ccc(C(C)(C)C)cc3)c3ccccc3n2)cc1. The second kappa shape index (κ2) is 9.91. The highest BCUT2D eigenvalue weighted by Gasteiger charge is 2.14. The molecule has 1 amide bonds. The lowest BCUT2D eigenvalue weighted by Gasteiger charge is -2.19. The van der Waals surface area contributed by atoms with Crippen molar-refractivity contribution in [2.24, 2.45) is 0 Å². The van der Waals surface area contributed by atoms with Crippen LogP contribution in [0.15, 0.2) is 72.8 Å². The van der Waals surface area contributed by atoms with Gasteiger partial charge in [-0.3, -0.25) is 4.79 Å². The molecular formula is C28H30N4O2. The van der Waals surface area contributed by atoms with Crippen LogP contribution < -0.4 is 15.4 Å². The van der Waals surface area contributed by atoms with Gasteiger partial charge in [0, 0.05) is 29.6 Å². The summed E-state index contributed by atoms with van der Waals surface area (Å²) in [5.41, 5.74) is 3.68. The van der Waals surface area contributed by atoms with Gasteiger partial charge in [-0.2, -0.15) is 0 Å². The first-order valence-corrected chi connectivity index (χ1v) is 11.4. The summed E-state index contributed by atoms with van der Waals surface area (Å²) >= 11 is 0. The molecular weight excluding hydrogens is 424 g/mol. The van der Waals surface area contributed by atoms with Gasteiger partial charge in [-0.05, 0) is 59.5 Å². The number of benzene rings is 3. The molecule has 0 fully saturated rings. The molecule has 3 aromatic carbocycles. The van der Waals surface area contributed by atoms with E-state index in [1.54, 1.807) is 7.11 Å². The molecule has 0 spiro atoms. The lowest BCUT2D eigenvalue weighted by molar-refractivity contribution is 0.0955. The summed E-state index contributed by atoms with van der Waals surface area (Å²) in [5.74, 6) is 2.06. The summed E-state index contributed by atoms with van der Waals surface area (Å²) in [6, 6.07) is 23.3. The molecule has 0 saturated heterocycles. The van der Waals surface area contributed by atoms with Crippen molar-refractivity contribution in [2.45, 2.75) is 26.2 Å². The summed E-state index contributed by atoms with van der Waals surface area (Å²) in [5, 5.41) is 7.28. The summed E-state index contributed by atoms with van der Waals surface area (Å²) in [6.45, 7) is 7.48. The Morgan fingerprint density at radius 2 is 1.59 bits per heavy atom. The van der Waals surface area contributed by atoms with Crippen molar-refractivity contribution >= 4 is 22.6 Å². The Morgan fingerprint density at radius 1 is 0.882 bits per heavy atom. The zero-order chi connectivity index (χ0) is 24.1. The number of ether oxygens (including phenoxy) is 1. The van der Waals surface area contributed by atoms with Crippen LogP contribution in [0.5, 0.6) is 5.75 Å². The summed E-state index contributed by atoms with van der Waals surface area (Å²) in [7, 11) is 1.64. The van der Waals surface area contributed by atoms with Crippen LogP contribution in [0.1, 0.15) is 36.7 Å². The van der Waals surface area contributed by atoms with Gasteiger partial charge in [0.25, 0.3) is 5.91 Å². The Hall–Kier alpha value is -3.93. The van der Waals surface area contributed by atoms with Crippen molar-refractivity contribution in [3.8, 4) is 17.1 Å². The van der Waals surface area contributed by atoms with Gasteiger partial charge in [0.1, 0.15) is 11.6 Å². The minimum atomic E-state index is -0.0891. The number of methoxy groups -OCH3 is 1. The van der Waals surface area contributed by atoms with Crippen molar-refractivity contribution in [1.82, 2.24) is 15.3 Å². The highest BCUT2D eigenvalue weighted by Crippen LogP contribution is 2.26. The smallest absolute Gasteiger partial charge is 0.251 e. The number of nitrogens with zero attached hydrogens (tertiary/aromatic N) is 2. The molecule has 0 bridgehead atoms. The van der Waals surface area contributed by atoms with Gasteiger partial charge in [-0.15, -0.1) is 0 Å². The number of carbonyl (C=O) groups excluding carboxylic acids is 1. The first-order chi connectivity index (χ1) is 16.3. The second-order valence-electron chi connectivity index (χ2n) is 9.15. The van der Waals surface area contributed by atoms with Crippen LogP contribution in [0.2, 0.25) is 0 Å². The standard InChI is InChI=1S/C28H30N4O2/c1-28(2,3)21-13-9-20(10-14-21)27(33)30-18-17-29-26-23-7-5-6-8-24(23)31-25(32-26)19-11-15-22(34-4)16-12-19/h5-16H,17-18H2,1-4H3,(H,30,33)(H,29,31,32). The number of fused-ring (bicyclic) bond motifs is 1. The number of aromatic nitrogens is 2. The fraction of sp³-hybridized carbons (Fsp3) is 0.250. The number of nitrogens with one attached hydrogen (secondary N) is 2. The van der Waals surface area contributed by atoms with Crippen LogP contribution in [0.3, 0.4) is 0 Å². The monoisotopic (exact) mass is 454 g/mol. The highest BCUT2D eigenvalue weighted by molar-refractivity contribution is 5.94. The molecule has 1 aromatic heterocycles. The average Bonchev–Trinajstić information content (AvgIpc) is 2.86. The Kier molecular flexibility index (Phi) is 6.77. The third-order valence-electron chi connectivity index (χ3n) is 5.67. The molecule has 0 aliphatic carbocycles. The number of amides is 1. The number of hydrogen-bond acceptors (Lipinski definition) is 5. The Morgan fingerprint density at radius 3 is 2.26 bits per heavy atom. The van der Waals surface area contributed by atoms with Crippen molar-refractivity contribution in [3.05, 3.63) is 83.9 Å². The van der Waals surface area contributed by atoms with Crippen LogP contribution in [0.4, 0.5) is 5.82 Å². The summed E-state index contributed by atoms with van der Waals surface area (Å²) in [6.07, 6.45) is 0. The lowest BCUT2D eigenvalue weighted by Crippen LogP contribution is -2.29. The van der Waals surface area contributed by atoms with E-state index in [0.29, 0.717) is 24.5 Å². The topological polar surface area (TPSA) is 76.1 Å². The van der Waals surface area contributed by atoms with Crippen molar-refractivity contribution in [3.63, 3.8) is 0 Å². The number of carbonyl (C=O) groups is 1. The molecule has 2 N–H and O–H groups in total. The molecule has 4 aromatic rings. The van der Waals surface area contributed by atoms with Gasteiger partial charge in [-0.1, -0.05) is 45.0 Å². The minimum absolute atomic E-state index is 0.0594. The zero-order valence-corrected chi connectivity index (χ0v) is 20.1. The van der Waals surface area contributed by atoms with Crippen molar-refractivity contribution < 1.29 is 9.53 Å². The molecule has 174 valence electrons. The van der Waals surface area contributed by atoms with Gasteiger partial charge in [0.05, 0.1) is 12.6 Å². The van der Waals surface area contributed by atoms with Crippen molar-refractivity contribution in [2.75, 3.05) is 25.5 Å². The van der Waals surface area contributed by atoms with Gasteiger partial charge >= 0.3 is 0 Å². The molecule has 0 aliphatic heterocycles. The van der Waals surface area contributed by atoms with E-state index in [0.717, 1.165) is 28.0 Å². The van der Waals surface area contributed by atoms with Crippen LogP contribution >= 0.6 is 0 Å². The highest BCUT2D eigenvalue weighted by atomic mass is 16.5. The molecule has 0 atom stereocenters. The number of para-hydroxylation sites is 1. The van der Waals surface area contributed by atoms with Crippen LogP contribution in [0, 0.1) is 0 Å². The summed E-state index contributed by atoms with van der Waals surface area (Å²) < 4.78 is 5.25. The van der Waals surface area contributed by atoms with Crippen LogP contribution in [0.25, 0.3) is 22.3 Å². The number of hydrogen-bond donors (Lipinski definition) is 2. The third kappa shape index (κ3) is 5.34. The first-order valence-electron chi connectivity index (χ1n) is 11.4. The van der Waals surface area contributed by atoms with Gasteiger partial charge in [-0.25, -0.2) is 9.97 Å². The second-order valence-corrected chi connectivity index (χ2v) is 9.15. The van der Waals surface area contributed by atoms with E-state index in [1.807, 2.05) is 72.8 Å². The predicted octanol–water partition coefficient (Wildman–Crippen LogP) is 5.44. The zero-order valence-electron chi connectivity index (χ0n) is 20.1. The summed E-state index contributed by atoms with van der Waals surface area (Å²) in [4.78, 5) is 22.0. The van der Waals surface area contributed by atoms with E-state index in [-0.39, 0.29) is 11.3 Å². The van der Waals surface area contributed by atoms with Crippen molar-refractivity contribution in [1.29, 1.82) is 0 Å². The van der Waals surface area contributed by atoms with Gasteiger partial charge in [0.15, 0.2) is 5.82 Å². The molecule has 34 heavy (non-hydrogen) atoms. The van der Waals surface area contributed by atoms with E-state index >= 15 is 0 Å². The maximum absolute atomic E-state index is 12.5. The normalized spacial score (nSPS) is 11.3. The first kappa shape index (κ1) is 23.2. The number of anilines is 1. The lowest BCUT2D eigenvalue weighted by atomic mass is 9.87. The van der Waals surface area contributed by atoms with Crippen LogP contribution in [-0.2, 0) is 5.41 Å². The molecule has 6 nitrogen and oxygen atoms in total. The van der Waals surface area contributed by atoms with Crippen LogP contribution in [-0.4, -0.2) is 36.1 Å². The predicted molar refractivity (Wildman–Crippen MR) is 137 cm³/mol. The van der Waals surface area contributed by atoms with Gasteiger partial charge in [0.2, 0.25) is 0 Å². The third-order valence-corrected chi connectivity index (χ3v) is 5.67. The Labute approximate surface area is 200 Å². The molecule has 0 aliphatic rings. The van der Waals surface area contributed by atoms with E-state index < -0.39 is 0 Å². The molecule has 4 rings (SSSR count). The Balaban J connectivity index is 1.44. The molecule has 1 heterocycles. The number of rotatable bonds is 7. The molecule has 0 radical (unpaired) electrons. The maximum Gasteiger partial charge on any atom is 0.251 e.